The Morgan fingerprint density at radius 3 is 2.19 bits per heavy atom. The third kappa shape index (κ3) is 5.57. The third-order valence-electron chi connectivity index (χ3n) is 6.62. The molecule has 3 atom stereocenters. The Bertz CT molecular complexity index is 738. The average molecular weight is 450 g/mol. The third-order valence-corrected chi connectivity index (χ3v) is 6.62. The lowest BCUT2D eigenvalue weighted by molar-refractivity contribution is -0.147. The SMILES string of the molecule is C=CC(=O)N1CC(C2CN(C(C)C)CCN2C(=O)C(=C)CCO)N(C(C)C)CC1C(N)=O. The fraction of sp³-hybridized carbons (Fsp3) is 0.696. The fourth-order valence-electron chi connectivity index (χ4n) is 4.74. The van der Waals surface area contributed by atoms with Crippen LogP contribution in [0.2, 0.25) is 0 Å². The first-order valence-corrected chi connectivity index (χ1v) is 11.3. The molecule has 0 spiro atoms. The minimum atomic E-state index is -0.752. The molecule has 3 amide bonds. The molecular formula is C23H39N5O4. The summed E-state index contributed by atoms with van der Waals surface area (Å²) in [6.07, 6.45) is 1.42. The summed E-state index contributed by atoms with van der Waals surface area (Å²) in [5, 5.41) is 9.29. The lowest BCUT2D eigenvalue weighted by Gasteiger charge is -2.54. The molecule has 2 aliphatic heterocycles. The standard InChI is InChI=1S/C23H39N5O4/c1-7-21(30)28-13-19(27(16(4)5)14-20(28)22(24)31)18-12-25(15(2)3)9-10-26(18)23(32)17(6)8-11-29/h7,15-16,18-20,29H,1,6,8-14H2,2-5H3,(H2,24,31). The van der Waals surface area contributed by atoms with E-state index in [1.165, 1.54) is 11.0 Å². The van der Waals surface area contributed by atoms with Crippen LogP contribution in [0.4, 0.5) is 0 Å². The van der Waals surface area contributed by atoms with Gasteiger partial charge < -0.3 is 20.6 Å². The zero-order chi connectivity index (χ0) is 24.2. The van der Waals surface area contributed by atoms with Gasteiger partial charge in [-0.1, -0.05) is 13.2 Å². The van der Waals surface area contributed by atoms with E-state index < -0.39 is 11.9 Å². The van der Waals surface area contributed by atoms with Crippen molar-refractivity contribution in [2.45, 2.75) is 64.3 Å². The van der Waals surface area contributed by atoms with Crippen LogP contribution in [-0.4, -0.2) is 112 Å². The maximum atomic E-state index is 13.2. The van der Waals surface area contributed by atoms with E-state index in [1.54, 1.807) is 0 Å². The quantitative estimate of drug-likeness (QED) is 0.497. The summed E-state index contributed by atoms with van der Waals surface area (Å²) in [7, 11) is 0. The second-order valence-corrected chi connectivity index (χ2v) is 9.20. The number of aliphatic hydroxyl groups is 1. The fourth-order valence-corrected chi connectivity index (χ4v) is 4.74. The van der Waals surface area contributed by atoms with Gasteiger partial charge in [0, 0.05) is 69.5 Å². The molecule has 0 aromatic heterocycles. The van der Waals surface area contributed by atoms with Crippen LogP contribution in [0.25, 0.3) is 0 Å². The smallest absolute Gasteiger partial charge is 0.249 e. The average Bonchev–Trinajstić information content (AvgIpc) is 2.76. The van der Waals surface area contributed by atoms with Crippen molar-refractivity contribution in [2.24, 2.45) is 5.73 Å². The number of rotatable bonds is 8. The number of carbonyl (C=O) groups excluding carboxylic acids is 3. The van der Waals surface area contributed by atoms with Crippen LogP contribution in [0, 0.1) is 0 Å². The molecule has 0 bridgehead atoms. The summed E-state index contributed by atoms with van der Waals surface area (Å²) < 4.78 is 0. The Balaban J connectivity index is 2.46. The number of carbonyl (C=O) groups is 3. The summed E-state index contributed by atoms with van der Waals surface area (Å²) in [6, 6.07) is -0.782. The summed E-state index contributed by atoms with van der Waals surface area (Å²) in [4.78, 5) is 45.8. The lowest BCUT2D eigenvalue weighted by atomic mass is 9.93. The molecule has 180 valence electrons. The van der Waals surface area contributed by atoms with Crippen molar-refractivity contribution in [2.75, 3.05) is 39.3 Å². The topological polar surface area (TPSA) is 110 Å². The molecule has 0 aromatic rings. The molecule has 3 N–H and O–H groups in total. The lowest BCUT2D eigenvalue weighted by Crippen LogP contribution is -2.72. The van der Waals surface area contributed by atoms with Crippen LogP contribution < -0.4 is 5.73 Å². The van der Waals surface area contributed by atoms with Crippen molar-refractivity contribution in [3.8, 4) is 0 Å². The van der Waals surface area contributed by atoms with Crippen LogP contribution in [-0.2, 0) is 14.4 Å². The molecule has 2 heterocycles. The number of aliphatic hydroxyl groups excluding tert-OH is 1. The second kappa shape index (κ2) is 11.1. The maximum Gasteiger partial charge on any atom is 0.249 e. The van der Waals surface area contributed by atoms with Crippen molar-refractivity contribution in [1.82, 2.24) is 19.6 Å². The predicted octanol–water partition coefficient (Wildman–Crippen LogP) is -0.193. The highest BCUT2D eigenvalue weighted by atomic mass is 16.3. The minimum Gasteiger partial charge on any atom is -0.396 e. The Labute approximate surface area is 191 Å². The highest BCUT2D eigenvalue weighted by Crippen LogP contribution is 2.27. The van der Waals surface area contributed by atoms with Gasteiger partial charge in [-0.25, -0.2) is 0 Å². The first-order valence-electron chi connectivity index (χ1n) is 11.3. The first-order chi connectivity index (χ1) is 15.0. The Morgan fingerprint density at radius 2 is 1.69 bits per heavy atom. The predicted molar refractivity (Wildman–Crippen MR) is 124 cm³/mol. The van der Waals surface area contributed by atoms with Gasteiger partial charge in [0.1, 0.15) is 6.04 Å². The summed E-state index contributed by atoms with van der Waals surface area (Å²) in [5.41, 5.74) is 6.02. The van der Waals surface area contributed by atoms with Crippen LogP contribution in [0.3, 0.4) is 0 Å². The van der Waals surface area contributed by atoms with E-state index >= 15 is 0 Å². The maximum absolute atomic E-state index is 13.2. The van der Waals surface area contributed by atoms with Crippen LogP contribution in [0.15, 0.2) is 24.8 Å². The van der Waals surface area contributed by atoms with Crippen LogP contribution in [0.1, 0.15) is 34.1 Å². The number of nitrogens with two attached hydrogens (primary N) is 1. The van der Waals surface area contributed by atoms with Gasteiger partial charge >= 0.3 is 0 Å². The molecule has 2 fully saturated rings. The van der Waals surface area contributed by atoms with E-state index in [-0.39, 0.29) is 49.5 Å². The summed E-state index contributed by atoms with van der Waals surface area (Å²) >= 11 is 0. The molecule has 32 heavy (non-hydrogen) atoms. The van der Waals surface area contributed by atoms with E-state index in [4.69, 9.17) is 5.73 Å². The van der Waals surface area contributed by atoms with Gasteiger partial charge in [-0.2, -0.15) is 0 Å². The zero-order valence-electron chi connectivity index (χ0n) is 19.9. The number of nitrogens with zero attached hydrogens (tertiary/aromatic N) is 4. The highest BCUT2D eigenvalue weighted by Gasteiger charge is 2.46. The minimum absolute atomic E-state index is 0.0786. The summed E-state index contributed by atoms with van der Waals surface area (Å²) in [6.45, 7) is 18.1. The first kappa shape index (κ1) is 26.0. The summed E-state index contributed by atoms with van der Waals surface area (Å²) in [5.74, 6) is -1.07. The molecule has 0 radical (unpaired) electrons. The van der Waals surface area contributed by atoms with Crippen molar-refractivity contribution < 1.29 is 19.5 Å². The highest BCUT2D eigenvalue weighted by molar-refractivity contribution is 5.94. The largest absolute Gasteiger partial charge is 0.396 e. The monoisotopic (exact) mass is 449 g/mol. The van der Waals surface area contributed by atoms with Gasteiger partial charge in [0.2, 0.25) is 17.7 Å². The van der Waals surface area contributed by atoms with E-state index in [1.807, 2.05) is 18.7 Å². The molecule has 2 rings (SSSR count). The number of hydrogen-bond donors (Lipinski definition) is 2. The van der Waals surface area contributed by atoms with Gasteiger partial charge in [-0.3, -0.25) is 24.2 Å². The zero-order valence-corrected chi connectivity index (χ0v) is 19.9. The van der Waals surface area contributed by atoms with Crippen LogP contribution in [0.5, 0.6) is 0 Å². The van der Waals surface area contributed by atoms with E-state index in [9.17, 15) is 19.5 Å². The number of piperazine rings is 2. The van der Waals surface area contributed by atoms with Crippen molar-refractivity contribution in [3.63, 3.8) is 0 Å². The molecule has 3 unspecified atom stereocenters. The number of amides is 3. The van der Waals surface area contributed by atoms with Crippen molar-refractivity contribution in [3.05, 3.63) is 24.8 Å². The Kier molecular flexibility index (Phi) is 9.00. The van der Waals surface area contributed by atoms with Gasteiger partial charge in [-0.05, 0) is 33.8 Å². The molecule has 2 aliphatic rings. The normalized spacial score (nSPS) is 25.3. The van der Waals surface area contributed by atoms with Gasteiger partial charge in [0.05, 0.1) is 6.04 Å². The van der Waals surface area contributed by atoms with Crippen molar-refractivity contribution in [1.29, 1.82) is 0 Å². The number of hydrogen-bond acceptors (Lipinski definition) is 6. The van der Waals surface area contributed by atoms with E-state index in [0.717, 1.165) is 6.54 Å². The van der Waals surface area contributed by atoms with Gasteiger partial charge in [0.15, 0.2) is 0 Å². The van der Waals surface area contributed by atoms with Crippen molar-refractivity contribution >= 4 is 17.7 Å². The number of primary amides is 1. The molecule has 0 aliphatic carbocycles. The Morgan fingerprint density at radius 1 is 1.03 bits per heavy atom. The molecule has 0 saturated carbocycles. The van der Waals surface area contributed by atoms with Gasteiger partial charge in [0.25, 0.3) is 0 Å². The van der Waals surface area contributed by atoms with Crippen LogP contribution >= 0.6 is 0 Å². The molecule has 0 aromatic carbocycles. The molecular weight excluding hydrogens is 410 g/mol. The molecule has 2 saturated heterocycles. The van der Waals surface area contributed by atoms with E-state index in [0.29, 0.717) is 31.2 Å². The van der Waals surface area contributed by atoms with Gasteiger partial charge in [-0.15, -0.1) is 0 Å². The Hall–Kier alpha value is -2.23. The van der Waals surface area contributed by atoms with E-state index in [2.05, 4.69) is 36.8 Å². The molecule has 9 heteroatoms. The second-order valence-electron chi connectivity index (χ2n) is 9.20. The molecule has 9 nitrogen and oxygen atoms in total.